The SMILES string of the molecule is CN(CCCCC(C)(O)CN)C1CCC1. The van der Waals surface area contributed by atoms with Crippen molar-refractivity contribution < 1.29 is 5.11 Å². The monoisotopic (exact) mass is 214 g/mol. The Labute approximate surface area is 93.6 Å². The van der Waals surface area contributed by atoms with Gasteiger partial charge in [-0.2, -0.15) is 0 Å². The van der Waals surface area contributed by atoms with Crippen LogP contribution in [0.5, 0.6) is 0 Å². The lowest BCUT2D eigenvalue weighted by atomic mass is 9.91. The maximum Gasteiger partial charge on any atom is 0.0741 e. The smallest absolute Gasteiger partial charge is 0.0741 e. The molecule has 1 aliphatic carbocycles. The Morgan fingerprint density at radius 3 is 2.53 bits per heavy atom. The van der Waals surface area contributed by atoms with Gasteiger partial charge in [-0.05, 0) is 52.6 Å². The third kappa shape index (κ3) is 4.49. The zero-order valence-electron chi connectivity index (χ0n) is 10.2. The van der Waals surface area contributed by atoms with Crippen molar-refractivity contribution in [2.75, 3.05) is 20.1 Å². The molecule has 90 valence electrons. The van der Waals surface area contributed by atoms with E-state index >= 15 is 0 Å². The van der Waals surface area contributed by atoms with E-state index in [1.807, 2.05) is 6.92 Å². The number of nitrogens with zero attached hydrogens (tertiary/aromatic N) is 1. The highest BCUT2D eigenvalue weighted by molar-refractivity contribution is 4.78. The summed E-state index contributed by atoms with van der Waals surface area (Å²) >= 11 is 0. The van der Waals surface area contributed by atoms with E-state index in [1.54, 1.807) is 0 Å². The molecule has 0 aromatic rings. The first kappa shape index (κ1) is 12.9. The molecule has 0 spiro atoms. The van der Waals surface area contributed by atoms with Crippen LogP contribution in [0.4, 0.5) is 0 Å². The number of rotatable bonds is 7. The van der Waals surface area contributed by atoms with Crippen molar-refractivity contribution in [3.63, 3.8) is 0 Å². The lowest BCUT2D eigenvalue weighted by Crippen LogP contribution is -2.38. The average Bonchev–Trinajstić information content (AvgIpc) is 2.10. The van der Waals surface area contributed by atoms with Gasteiger partial charge in [0.25, 0.3) is 0 Å². The molecule has 1 fully saturated rings. The molecule has 0 aliphatic heterocycles. The van der Waals surface area contributed by atoms with Gasteiger partial charge in [-0.1, -0.05) is 6.42 Å². The zero-order valence-corrected chi connectivity index (χ0v) is 10.2. The second kappa shape index (κ2) is 5.83. The molecule has 0 heterocycles. The molecular formula is C12H26N2O. The molecule has 15 heavy (non-hydrogen) atoms. The van der Waals surface area contributed by atoms with Gasteiger partial charge in [-0.25, -0.2) is 0 Å². The predicted molar refractivity (Wildman–Crippen MR) is 63.8 cm³/mol. The van der Waals surface area contributed by atoms with Crippen molar-refractivity contribution in [1.82, 2.24) is 4.90 Å². The summed E-state index contributed by atoms with van der Waals surface area (Å²) in [4.78, 5) is 2.46. The van der Waals surface area contributed by atoms with E-state index in [4.69, 9.17) is 5.73 Å². The van der Waals surface area contributed by atoms with E-state index in [2.05, 4.69) is 11.9 Å². The molecule has 0 aromatic heterocycles. The van der Waals surface area contributed by atoms with Gasteiger partial charge in [-0.3, -0.25) is 0 Å². The van der Waals surface area contributed by atoms with Crippen LogP contribution in [-0.4, -0.2) is 41.8 Å². The Hall–Kier alpha value is -0.120. The summed E-state index contributed by atoms with van der Waals surface area (Å²) in [6.07, 6.45) is 7.21. The van der Waals surface area contributed by atoms with Crippen LogP contribution in [0, 0.1) is 0 Å². The Kier molecular flexibility index (Phi) is 5.03. The van der Waals surface area contributed by atoms with Crippen LogP contribution >= 0.6 is 0 Å². The molecule has 3 N–H and O–H groups in total. The predicted octanol–water partition coefficient (Wildman–Crippen LogP) is 1.35. The first-order valence-corrected chi connectivity index (χ1v) is 6.18. The summed E-state index contributed by atoms with van der Waals surface area (Å²) < 4.78 is 0. The molecule has 1 saturated carbocycles. The summed E-state index contributed by atoms with van der Waals surface area (Å²) in [5, 5.41) is 9.72. The highest BCUT2D eigenvalue weighted by atomic mass is 16.3. The number of nitrogens with two attached hydrogens (primary N) is 1. The van der Waals surface area contributed by atoms with Crippen LogP contribution in [0.15, 0.2) is 0 Å². The van der Waals surface area contributed by atoms with Gasteiger partial charge in [0.2, 0.25) is 0 Å². The molecule has 3 nitrogen and oxygen atoms in total. The summed E-state index contributed by atoms with van der Waals surface area (Å²) in [5.41, 5.74) is 4.81. The van der Waals surface area contributed by atoms with Gasteiger partial charge in [-0.15, -0.1) is 0 Å². The van der Waals surface area contributed by atoms with Gasteiger partial charge < -0.3 is 15.7 Å². The number of hydrogen-bond acceptors (Lipinski definition) is 3. The summed E-state index contributed by atoms with van der Waals surface area (Å²) in [5.74, 6) is 0. The second-order valence-electron chi connectivity index (χ2n) is 5.22. The highest BCUT2D eigenvalue weighted by Crippen LogP contribution is 2.23. The minimum atomic E-state index is -0.658. The summed E-state index contributed by atoms with van der Waals surface area (Å²) in [7, 11) is 2.21. The van der Waals surface area contributed by atoms with Crippen LogP contribution in [0.3, 0.4) is 0 Å². The van der Waals surface area contributed by atoms with E-state index in [-0.39, 0.29) is 0 Å². The fourth-order valence-electron chi connectivity index (χ4n) is 1.98. The Bertz CT molecular complexity index is 178. The maximum absolute atomic E-state index is 9.72. The number of aliphatic hydroxyl groups is 1. The Morgan fingerprint density at radius 1 is 1.40 bits per heavy atom. The Balaban J connectivity index is 2.00. The van der Waals surface area contributed by atoms with Crippen LogP contribution in [0.1, 0.15) is 45.4 Å². The average molecular weight is 214 g/mol. The molecule has 0 amide bonds. The molecule has 0 radical (unpaired) electrons. The van der Waals surface area contributed by atoms with Gasteiger partial charge in [0.15, 0.2) is 0 Å². The zero-order chi connectivity index (χ0) is 11.3. The molecule has 3 heteroatoms. The number of unbranched alkanes of at least 4 members (excludes halogenated alkanes) is 1. The van der Waals surface area contributed by atoms with Crippen LogP contribution in [0.25, 0.3) is 0 Å². The molecule has 0 bridgehead atoms. The Morgan fingerprint density at radius 2 is 2.07 bits per heavy atom. The minimum Gasteiger partial charge on any atom is -0.389 e. The highest BCUT2D eigenvalue weighted by Gasteiger charge is 2.22. The maximum atomic E-state index is 9.72. The molecule has 0 aromatic carbocycles. The summed E-state index contributed by atoms with van der Waals surface area (Å²) in [6.45, 7) is 3.35. The third-order valence-electron chi connectivity index (χ3n) is 3.61. The standard InChI is InChI=1S/C12H26N2O/c1-12(15,10-13)8-3-4-9-14(2)11-6-5-7-11/h11,15H,3-10,13H2,1-2H3. The fraction of sp³-hybridized carbons (Fsp3) is 1.00. The normalized spacial score (nSPS) is 21.4. The minimum absolute atomic E-state index is 0.367. The van der Waals surface area contributed by atoms with Gasteiger partial charge in [0.05, 0.1) is 5.60 Å². The van der Waals surface area contributed by atoms with Crippen molar-refractivity contribution in [3.05, 3.63) is 0 Å². The van der Waals surface area contributed by atoms with Crippen LogP contribution in [0.2, 0.25) is 0 Å². The lowest BCUT2D eigenvalue weighted by Gasteiger charge is -2.34. The van der Waals surface area contributed by atoms with E-state index in [0.29, 0.717) is 6.54 Å². The van der Waals surface area contributed by atoms with E-state index in [9.17, 15) is 5.11 Å². The molecule has 1 aliphatic rings. The third-order valence-corrected chi connectivity index (χ3v) is 3.61. The van der Waals surface area contributed by atoms with Crippen LogP contribution < -0.4 is 5.73 Å². The van der Waals surface area contributed by atoms with Gasteiger partial charge in [0.1, 0.15) is 0 Å². The van der Waals surface area contributed by atoms with Crippen molar-refractivity contribution in [3.8, 4) is 0 Å². The van der Waals surface area contributed by atoms with E-state index in [1.165, 1.54) is 25.7 Å². The molecule has 0 saturated heterocycles. The quantitative estimate of drug-likeness (QED) is 0.629. The van der Waals surface area contributed by atoms with Gasteiger partial charge in [0, 0.05) is 12.6 Å². The van der Waals surface area contributed by atoms with Crippen molar-refractivity contribution in [2.24, 2.45) is 5.73 Å². The first-order chi connectivity index (χ1) is 7.05. The fourth-order valence-corrected chi connectivity index (χ4v) is 1.98. The lowest BCUT2D eigenvalue weighted by molar-refractivity contribution is 0.0555. The van der Waals surface area contributed by atoms with Crippen molar-refractivity contribution >= 4 is 0 Å². The van der Waals surface area contributed by atoms with Crippen LogP contribution in [-0.2, 0) is 0 Å². The van der Waals surface area contributed by atoms with Gasteiger partial charge >= 0.3 is 0 Å². The molecular weight excluding hydrogens is 188 g/mol. The largest absolute Gasteiger partial charge is 0.389 e. The molecule has 1 rings (SSSR count). The number of hydrogen-bond donors (Lipinski definition) is 2. The molecule has 1 unspecified atom stereocenters. The summed E-state index contributed by atoms with van der Waals surface area (Å²) in [6, 6.07) is 0.833. The van der Waals surface area contributed by atoms with E-state index in [0.717, 1.165) is 25.4 Å². The second-order valence-corrected chi connectivity index (χ2v) is 5.22. The molecule has 1 atom stereocenters. The topological polar surface area (TPSA) is 49.5 Å². The van der Waals surface area contributed by atoms with E-state index < -0.39 is 5.60 Å². The van der Waals surface area contributed by atoms with Crippen molar-refractivity contribution in [2.45, 2.75) is 57.1 Å². The van der Waals surface area contributed by atoms with Crippen molar-refractivity contribution in [1.29, 1.82) is 0 Å². The first-order valence-electron chi connectivity index (χ1n) is 6.18.